The first kappa shape index (κ1) is 33.5. The van der Waals surface area contributed by atoms with Crippen LogP contribution in [-0.4, -0.2) is 64.2 Å². The highest BCUT2D eigenvalue weighted by atomic mass is 32.2. The lowest BCUT2D eigenvalue weighted by atomic mass is 9.97. The minimum Gasteiger partial charge on any atom is -0.461 e. The molecule has 2 aliphatic rings. The van der Waals surface area contributed by atoms with E-state index in [4.69, 9.17) is 9.47 Å². The molecule has 0 aliphatic carbocycles. The van der Waals surface area contributed by atoms with Crippen molar-refractivity contribution in [2.24, 2.45) is 0 Å². The van der Waals surface area contributed by atoms with Gasteiger partial charge in [-0.25, -0.2) is 4.79 Å². The Morgan fingerprint density at radius 3 is 2.29 bits per heavy atom. The van der Waals surface area contributed by atoms with Gasteiger partial charge in [0.2, 0.25) is 11.8 Å². The van der Waals surface area contributed by atoms with Crippen LogP contribution in [0.3, 0.4) is 0 Å². The number of rotatable bonds is 10. The molecule has 3 heterocycles. The van der Waals surface area contributed by atoms with Gasteiger partial charge in [0.15, 0.2) is 12.1 Å². The van der Waals surface area contributed by atoms with Crippen LogP contribution >= 0.6 is 11.8 Å². The molecule has 252 valence electrons. The normalized spacial score (nSPS) is 18.6. The number of pyridine rings is 1. The second kappa shape index (κ2) is 14.0. The summed E-state index contributed by atoms with van der Waals surface area (Å²) in [5.74, 6) is -2.40. The lowest BCUT2D eigenvalue weighted by molar-refractivity contribution is -0.166. The van der Waals surface area contributed by atoms with Gasteiger partial charge in [0, 0.05) is 29.8 Å². The summed E-state index contributed by atoms with van der Waals surface area (Å²) >= 11 is 1.19. The average molecular weight is 691 g/mol. The van der Waals surface area contributed by atoms with Crippen LogP contribution in [0.2, 0.25) is 0 Å². The summed E-state index contributed by atoms with van der Waals surface area (Å²) in [5.41, 5.74) is 1.41. The highest BCUT2D eigenvalue weighted by Crippen LogP contribution is 2.41. The SMILES string of the molecule is CC(=O)OCC1=CS[C@@H]2[C@H](NC(=O)CNc3ccnc4cc(C(F)(F)F)ccc34)C(=O)N2C1C(=O)OC(c1ccccc1)c1ccccc1. The lowest BCUT2D eigenvalue weighted by Gasteiger charge is -2.51. The van der Waals surface area contributed by atoms with E-state index in [0.717, 1.165) is 12.1 Å². The number of nitrogens with zero attached hydrogens (tertiary/aromatic N) is 2. The number of benzene rings is 3. The molecule has 49 heavy (non-hydrogen) atoms. The number of carbonyl (C=O) groups excluding carboxylic acids is 4. The first-order chi connectivity index (χ1) is 23.5. The molecule has 0 bridgehead atoms. The van der Waals surface area contributed by atoms with Crippen LogP contribution < -0.4 is 10.6 Å². The molecule has 4 aromatic rings. The molecule has 0 spiro atoms. The maximum absolute atomic E-state index is 13.9. The van der Waals surface area contributed by atoms with Gasteiger partial charge in [-0.05, 0) is 34.7 Å². The Balaban J connectivity index is 1.17. The number of esters is 2. The van der Waals surface area contributed by atoms with Crippen molar-refractivity contribution < 1.29 is 41.8 Å². The first-order valence-electron chi connectivity index (χ1n) is 15.1. The van der Waals surface area contributed by atoms with Crippen molar-refractivity contribution in [1.82, 2.24) is 15.2 Å². The van der Waals surface area contributed by atoms with Gasteiger partial charge in [-0.1, -0.05) is 66.7 Å². The van der Waals surface area contributed by atoms with Crippen LogP contribution in [0.15, 0.2) is 102 Å². The summed E-state index contributed by atoms with van der Waals surface area (Å²) in [6, 6.07) is 20.7. The predicted octanol–water partition coefficient (Wildman–Crippen LogP) is 5.21. The molecule has 1 saturated heterocycles. The van der Waals surface area contributed by atoms with Crippen molar-refractivity contribution in [2.45, 2.75) is 36.7 Å². The molecular formula is C35H29F3N4O6S. The second-order valence-electron chi connectivity index (χ2n) is 11.3. The van der Waals surface area contributed by atoms with E-state index in [1.165, 1.54) is 41.9 Å². The molecule has 2 aliphatic heterocycles. The van der Waals surface area contributed by atoms with Crippen molar-refractivity contribution in [3.63, 3.8) is 0 Å². The van der Waals surface area contributed by atoms with Crippen molar-refractivity contribution in [3.8, 4) is 0 Å². The number of amides is 2. The number of aromatic nitrogens is 1. The summed E-state index contributed by atoms with van der Waals surface area (Å²) in [7, 11) is 0. The monoisotopic (exact) mass is 690 g/mol. The third kappa shape index (κ3) is 7.23. The molecule has 2 N–H and O–H groups in total. The summed E-state index contributed by atoms with van der Waals surface area (Å²) in [6.45, 7) is 0.692. The Hall–Kier alpha value is -5.37. The molecule has 14 heteroatoms. The summed E-state index contributed by atoms with van der Waals surface area (Å²) < 4.78 is 50.7. The zero-order valence-electron chi connectivity index (χ0n) is 25.8. The summed E-state index contributed by atoms with van der Waals surface area (Å²) in [5, 5.41) is 6.94. The van der Waals surface area contributed by atoms with Gasteiger partial charge in [0.05, 0.1) is 17.6 Å². The molecule has 1 aromatic heterocycles. The van der Waals surface area contributed by atoms with E-state index in [1.807, 2.05) is 60.7 Å². The Morgan fingerprint density at radius 1 is 0.980 bits per heavy atom. The number of hydrogen-bond donors (Lipinski definition) is 2. The molecule has 3 atom stereocenters. The van der Waals surface area contributed by atoms with E-state index in [1.54, 1.807) is 5.41 Å². The summed E-state index contributed by atoms with van der Waals surface area (Å²) in [4.78, 5) is 57.5. The van der Waals surface area contributed by atoms with Gasteiger partial charge < -0.3 is 25.0 Å². The highest BCUT2D eigenvalue weighted by molar-refractivity contribution is 8.03. The van der Waals surface area contributed by atoms with Gasteiger partial charge >= 0.3 is 18.1 Å². The maximum atomic E-state index is 13.9. The molecule has 6 rings (SSSR count). The highest BCUT2D eigenvalue weighted by Gasteiger charge is 2.56. The smallest absolute Gasteiger partial charge is 0.416 e. The Kier molecular flexibility index (Phi) is 9.58. The number of β-lactam (4-membered cyclic amide) rings is 1. The van der Waals surface area contributed by atoms with Gasteiger partial charge in [-0.15, -0.1) is 11.8 Å². The van der Waals surface area contributed by atoms with E-state index in [9.17, 15) is 32.3 Å². The number of halogens is 3. The van der Waals surface area contributed by atoms with Crippen LogP contribution in [-0.2, 0) is 34.8 Å². The third-order valence-electron chi connectivity index (χ3n) is 8.00. The minimum atomic E-state index is -4.53. The van der Waals surface area contributed by atoms with Crippen molar-refractivity contribution in [1.29, 1.82) is 0 Å². The van der Waals surface area contributed by atoms with Gasteiger partial charge in [-0.3, -0.25) is 19.4 Å². The predicted molar refractivity (Wildman–Crippen MR) is 175 cm³/mol. The van der Waals surface area contributed by atoms with Gasteiger partial charge in [-0.2, -0.15) is 13.2 Å². The minimum absolute atomic E-state index is 0.0969. The van der Waals surface area contributed by atoms with Crippen molar-refractivity contribution >= 4 is 52.1 Å². The standard InChI is InChI=1S/C35H29F3N4O6S/c1-20(43)47-18-23-19-49-33-29(41-28(44)17-40-26-14-15-39-27-16-24(35(36,37)38)12-13-25(26)27)32(45)42(33)30(23)34(46)48-31(21-8-4-2-5-9-21)22-10-6-3-7-11-22/h2-16,19,29-31,33H,17-18H2,1H3,(H,39,40)(H,41,44)/t29-,30?,33-/m1/s1. The topological polar surface area (TPSA) is 127 Å². The zero-order chi connectivity index (χ0) is 34.7. The van der Waals surface area contributed by atoms with Crippen LogP contribution in [0, 0.1) is 0 Å². The zero-order valence-corrected chi connectivity index (χ0v) is 26.7. The van der Waals surface area contributed by atoms with Gasteiger partial charge in [0.1, 0.15) is 18.0 Å². The van der Waals surface area contributed by atoms with E-state index in [0.29, 0.717) is 27.8 Å². The van der Waals surface area contributed by atoms with Crippen molar-refractivity contribution in [2.75, 3.05) is 18.5 Å². The Bertz CT molecular complexity index is 1890. The van der Waals surface area contributed by atoms with E-state index in [2.05, 4.69) is 15.6 Å². The number of fused-ring (bicyclic) bond motifs is 2. The number of nitrogens with one attached hydrogen (secondary N) is 2. The third-order valence-corrected chi connectivity index (χ3v) is 9.22. The lowest BCUT2D eigenvalue weighted by Crippen LogP contribution is -2.74. The molecule has 10 nitrogen and oxygen atoms in total. The molecule has 2 amide bonds. The fraction of sp³-hybridized carbons (Fsp3) is 0.229. The Labute approximate surface area is 282 Å². The van der Waals surface area contributed by atoms with E-state index < -0.39 is 59.1 Å². The van der Waals surface area contributed by atoms with Crippen LogP contribution in [0.1, 0.15) is 29.7 Å². The van der Waals surface area contributed by atoms with Crippen LogP contribution in [0.4, 0.5) is 18.9 Å². The number of carbonyl (C=O) groups is 4. The summed E-state index contributed by atoms with van der Waals surface area (Å²) in [6.07, 6.45) is -3.99. The largest absolute Gasteiger partial charge is 0.461 e. The molecular weight excluding hydrogens is 661 g/mol. The number of thioether (sulfide) groups is 1. The molecule has 1 fully saturated rings. The number of anilines is 1. The molecule has 0 radical (unpaired) electrons. The van der Waals surface area contributed by atoms with Gasteiger partial charge in [0.25, 0.3) is 0 Å². The fourth-order valence-corrected chi connectivity index (χ4v) is 6.85. The van der Waals surface area contributed by atoms with Crippen LogP contribution in [0.5, 0.6) is 0 Å². The quantitative estimate of drug-likeness (QED) is 0.170. The van der Waals surface area contributed by atoms with E-state index >= 15 is 0 Å². The molecule has 0 saturated carbocycles. The maximum Gasteiger partial charge on any atom is 0.416 e. The first-order valence-corrected chi connectivity index (χ1v) is 16.0. The number of hydrogen-bond acceptors (Lipinski definition) is 9. The van der Waals surface area contributed by atoms with Crippen LogP contribution in [0.25, 0.3) is 10.9 Å². The number of alkyl halides is 3. The Morgan fingerprint density at radius 2 is 1.65 bits per heavy atom. The van der Waals surface area contributed by atoms with Crippen molar-refractivity contribution in [3.05, 3.63) is 119 Å². The number of ether oxygens (including phenoxy) is 2. The molecule has 1 unspecified atom stereocenters. The average Bonchev–Trinajstić information content (AvgIpc) is 3.10. The van der Waals surface area contributed by atoms with E-state index in [-0.39, 0.29) is 18.7 Å². The second-order valence-corrected chi connectivity index (χ2v) is 12.3. The fourth-order valence-electron chi connectivity index (χ4n) is 5.64. The molecule has 3 aromatic carbocycles.